The third kappa shape index (κ3) is 3.14. The third-order valence-electron chi connectivity index (χ3n) is 3.99. The fourth-order valence-corrected chi connectivity index (χ4v) is 3.42. The van der Waals surface area contributed by atoms with Gasteiger partial charge in [-0.15, -0.1) is 0 Å². The summed E-state index contributed by atoms with van der Waals surface area (Å²) in [4.78, 5) is 0. The monoisotopic (exact) mass is 430 g/mol. The fraction of sp³-hybridized carbons (Fsp3) is 0.100. The van der Waals surface area contributed by atoms with Crippen LogP contribution in [0.15, 0.2) is 87.8 Å². The minimum absolute atomic E-state index is 0.636. The van der Waals surface area contributed by atoms with Crippen molar-refractivity contribution in [1.29, 1.82) is 0 Å². The van der Waals surface area contributed by atoms with Crippen molar-refractivity contribution in [2.45, 2.75) is 5.60 Å². The molecule has 116 valence electrons. The van der Waals surface area contributed by atoms with Crippen LogP contribution in [0, 0.1) is 0 Å². The second-order valence-corrected chi connectivity index (χ2v) is 7.10. The molecule has 0 aliphatic carbocycles. The van der Waals surface area contributed by atoms with Crippen LogP contribution in [-0.2, 0) is 10.3 Å². The molecule has 0 heterocycles. The first kappa shape index (κ1) is 16.4. The van der Waals surface area contributed by atoms with E-state index in [0.29, 0.717) is 0 Å². The average molecular weight is 432 g/mol. The van der Waals surface area contributed by atoms with Crippen molar-refractivity contribution in [3.05, 3.63) is 104 Å². The van der Waals surface area contributed by atoms with Gasteiger partial charge in [0.1, 0.15) is 5.60 Å². The van der Waals surface area contributed by atoms with Crippen molar-refractivity contribution in [2.75, 3.05) is 7.11 Å². The molecule has 0 saturated heterocycles. The summed E-state index contributed by atoms with van der Waals surface area (Å²) < 4.78 is 8.25. The van der Waals surface area contributed by atoms with Gasteiger partial charge in [0.15, 0.2) is 0 Å². The number of ether oxygens (including phenoxy) is 1. The van der Waals surface area contributed by atoms with Gasteiger partial charge < -0.3 is 4.74 Å². The van der Waals surface area contributed by atoms with Crippen molar-refractivity contribution in [3.8, 4) is 0 Å². The van der Waals surface area contributed by atoms with Gasteiger partial charge in [0.2, 0.25) is 0 Å². The molecule has 0 fully saturated rings. The number of halogens is 2. The molecule has 0 bridgehead atoms. The van der Waals surface area contributed by atoms with Gasteiger partial charge in [-0.3, -0.25) is 0 Å². The molecule has 0 N–H and O–H groups in total. The first-order valence-electron chi connectivity index (χ1n) is 7.29. The van der Waals surface area contributed by atoms with Crippen molar-refractivity contribution in [2.24, 2.45) is 0 Å². The van der Waals surface area contributed by atoms with Crippen LogP contribution < -0.4 is 0 Å². The maximum Gasteiger partial charge on any atom is 0.143 e. The Hall–Kier alpha value is -1.42. The third-order valence-corrected chi connectivity index (χ3v) is 5.05. The predicted molar refractivity (Wildman–Crippen MR) is 102 cm³/mol. The Kier molecular flexibility index (Phi) is 5.00. The fourth-order valence-electron chi connectivity index (χ4n) is 2.90. The molecular formula is C20H16Br2O. The van der Waals surface area contributed by atoms with Crippen molar-refractivity contribution in [3.63, 3.8) is 0 Å². The minimum atomic E-state index is -0.636. The van der Waals surface area contributed by atoms with Gasteiger partial charge >= 0.3 is 0 Å². The first-order valence-corrected chi connectivity index (χ1v) is 8.88. The lowest BCUT2D eigenvalue weighted by molar-refractivity contribution is 0.0585. The largest absolute Gasteiger partial charge is 0.364 e. The molecule has 0 atom stereocenters. The van der Waals surface area contributed by atoms with Crippen LogP contribution in [0.4, 0.5) is 0 Å². The van der Waals surface area contributed by atoms with Gasteiger partial charge in [-0.1, -0.05) is 86.5 Å². The van der Waals surface area contributed by atoms with Gasteiger partial charge in [-0.05, 0) is 41.0 Å². The highest BCUT2D eigenvalue weighted by molar-refractivity contribution is 9.10. The first-order chi connectivity index (χ1) is 11.2. The minimum Gasteiger partial charge on any atom is -0.364 e. The van der Waals surface area contributed by atoms with E-state index in [1.165, 1.54) is 0 Å². The van der Waals surface area contributed by atoms with Crippen LogP contribution in [0.3, 0.4) is 0 Å². The topological polar surface area (TPSA) is 9.23 Å². The summed E-state index contributed by atoms with van der Waals surface area (Å²) in [5.74, 6) is 0. The summed E-state index contributed by atoms with van der Waals surface area (Å²) in [6.07, 6.45) is 0. The lowest BCUT2D eigenvalue weighted by Gasteiger charge is -2.34. The molecule has 0 amide bonds. The number of methoxy groups -OCH3 is 1. The quantitative estimate of drug-likeness (QED) is 0.450. The SMILES string of the molecule is COC(c1ccccc1)(c1ccc(Br)cc1)c1ccc(Br)cc1. The second-order valence-electron chi connectivity index (χ2n) is 5.27. The average Bonchev–Trinajstić information content (AvgIpc) is 2.60. The predicted octanol–water partition coefficient (Wildman–Crippen LogP) is 6.15. The van der Waals surface area contributed by atoms with E-state index < -0.39 is 5.60 Å². The second kappa shape index (κ2) is 7.00. The van der Waals surface area contributed by atoms with Crippen LogP contribution >= 0.6 is 31.9 Å². The van der Waals surface area contributed by atoms with E-state index in [9.17, 15) is 0 Å². The Morgan fingerprint density at radius 3 is 1.39 bits per heavy atom. The smallest absolute Gasteiger partial charge is 0.143 e. The lowest BCUT2D eigenvalue weighted by Crippen LogP contribution is -2.31. The maximum atomic E-state index is 6.15. The highest BCUT2D eigenvalue weighted by Crippen LogP contribution is 2.40. The summed E-state index contributed by atoms with van der Waals surface area (Å²) in [6.45, 7) is 0. The molecule has 0 aliphatic heterocycles. The van der Waals surface area contributed by atoms with E-state index in [-0.39, 0.29) is 0 Å². The number of hydrogen-bond donors (Lipinski definition) is 0. The van der Waals surface area contributed by atoms with Gasteiger partial charge in [-0.25, -0.2) is 0 Å². The molecule has 3 aromatic carbocycles. The Labute approximate surface area is 153 Å². The van der Waals surface area contributed by atoms with Crippen molar-refractivity contribution >= 4 is 31.9 Å². The van der Waals surface area contributed by atoms with Crippen LogP contribution in [-0.4, -0.2) is 7.11 Å². The molecule has 3 aromatic rings. The zero-order valence-corrected chi connectivity index (χ0v) is 15.8. The normalized spacial score (nSPS) is 11.4. The zero-order valence-electron chi connectivity index (χ0n) is 12.7. The Bertz CT molecular complexity index is 720. The summed E-state index contributed by atoms with van der Waals surface area (Å²) in [5.41, 5.74) is 2.66. The Morgan fingerprint density at radius 2 is 1.00 bits per heavy atom. The molecule has 3 rings (SSSR count). The number of benzene rings is 3. The standard InChI is InChI=1S/C20H16Br2O/c1-23-20(15-5-3-2-4-6-15,16-7-11-18(21)12-8-16)17-9-13-19(22)14-10-17/h2-14H,1H3. The number of hydrogen-bond acceptors (Lipinski definition) is 1. The molecule has 0 spiro atoms. The maximum absolute atomic E-state index is 6.15. The molecule has 0 aromatic heterocycles. The lowest BCUT2D eigenvalue weighted by atomic mass is 9.80. The summed E-state index contributed by atoms with van der Waals surface area (Å²) >= 11 is 7.02. The van der Waals surface area contributed by atoms with E-state index in [0.717, 1.165) is 25.6 Å². The van der Waals surface area contributed by atoms with Crippen LogP contribution in [0.2, 0.25) is 0 Å². The molecule has 0 aliphatic rings. The van der Waals surface area contributed by atoms with E-state index in [1.54, 1.807) is 7.11 Å². The molecular weight excluding hydrogens is 416 g/mol. The van der Waals surface area contributed by atoms with E-state index in [1.807, 2.05) is 42.5 Å². The van der Waals surface area contributed by atoms with Gasteiger partial charge in [0.05, 0.1) is 0 Å². The number of rotatable bonds is 4. The van der Waals surface area contributed by atoms with E-state index >= 15 is 0 Å². The van der Waals surface area contributed by atoms with Gasteiger partial charge in [0, 0.05) is 16.1 Å². The Balaban J connectivity index is 2.27. The molecule has 3 heteroatoms. The van der Waals surface area contributed by atoms with Crippen LogP contribution in [0.1, 0.15) is 16.7 Å². The molecule has 0 radical (unpaired) electrons. The zero-order chi connectivity index (χ0) is 16.3. The molecule has 23 heavy (non-hydrogen) atoms. The molecule has 0 unspecified atom stereocenters. The van der Waals surface area contributed by atoms with Crippen molar-refractivity contribution in [1.82, 2.24) is 0 Å². The summed E-state index contributed by atoms with van der Waals surface area (Å²) in [5, 5.41) is 0. The Morgan fingerprint density at radius 1 is 0.609 bits per heavy atom. The summed E-state index contributed by atoms with van der Waals surface area (Å²) in [6, 6.07) is 26.9. The highest BCUT2D eigenvalue weighted by Gasteiger charge is 2.36. The summed E-state index contributed by atoms with van der Waals surface area (Å²) in [7, 11) is 1.76. The van der Waals surface area contributed by atoms with Gasteiger partial charge in [0.25, 0.3) is 0 Å². The van der Waals surface area contributed by atoms with E-state index in [2.05, 4.69) is 68.3 Å². The van der Waals surface area contributed by atoms with Crippen LogP contribution in [0.25, 0.3) is 0 Å². The van der Waals surface area contributed by atoms with E-state index in [4.69, 9.17) is 4.74 Å². The highest BCUT2D eigenvalue weighted by atomic mass is 79.9. The van der Waals surface area contributed by atoms with Crippen molar-refractivity contribution < 1.29 is 4.74 Å². The van der Waals surface area contributed by atoms with Crippen LogP contribution in [0.5, 0.6) is 0 Å². The molecule has 0 saturated carbocycles. The van der Waals surface area contributed by atoms with Gasteiger partial charge in [-0.2, -0.15) is 0 Å². The molecule has 1 nitrogen and oxygen atoms in total.